The summed E-state index contributed by atoms with van der Waals surface area (Å²) in [6.07, 6.45) is 0.637. The van der Waals surface area contributed by atoms with Gasteiger partial charge in [0.15, 0.2) is 11.8 Å². The lowest BCUT2D eigenvalue weighted by atomic mass is 9.98. The lowest BCUT2D eigenvalue weighted by Crippen LogP contribution is -2.48. The molecule has 1 aromatic heterocycles. The van der Waals surface area contributed by atoms with Crippen molar-refractivity contribution < 1.29 is 14.3 Å². The number of likely N-dealkylation sites (N-methyl/N-ethyl adjacent to an activating group) is 1. The number of ether oxygens (including phenoxy) is 1. The van der Waals surface area contributed by atoms with E-state index >= 15 is 0 Å². The molecular weight excluding hydrogens is 376 g/mol. The quantitative estimate of drug-likeness (QED) is 0.698. The minimum absolute atomic E-state index is 0.0788. The first kappa shape index (κ1) is 20.4. The molecule has 2 heterocycles. The van der Waals surface area contributed by atoms with Crippen molar-refractivity contribution in [3.63, 3.8) is 0 Å². The molecule has 0 radical (unpaired) electrons. The van der Waals surface area contributed by atoms with Gasteiger partial charge in [0, 0.05) is 19.5 Å². The second-order valence-electron chi connectivity index (χ2n) is 6.84. The van der Waals surface area contributed by atoms with E-state index in [9.17, 15) is 19.2 Å². The molecule has 2 aromatic rings. The fourth-order valence-corrected chi connectivity index (χ4v) is 3.44. The van der Waals surface area contributed by atoms with Gasteiger partial charge in [-0.2, -0.15) is 0 Å². The number of amides is 1. The van der Waals surface area contributed by atoms with E-state index in [2.05, 4.69) is 4.98 Å². The third-order valence-corrected chi connectivity index (χ3v) is 4.97. The van der Waals surface area contributed by atoms with Crippen LogP contribution in [0.25, 0.3) is 0 Å². The number of unbranched alkanes of at least 4 members (excludes halogenated alkanes) is 1. The molecule has 3 rings (SSSR count). The van der Waals surface area contributed by atoms with Gasteiger partial charge in [0.25, 0.3) is 11.5 Å². The second kappa shape index (κ2) is 8.34. The Kier molecular flexibility index (Phi) is 5.86. The number of rotatable bonds is 6. The molecule has 29 heavy (non-hydrogen) atoms. The number of nitrogens with zero attached hydrogens (tertiary/aromatic N) is 2. The molecule has 3 N–H and O–H groups in total. The van der Waals surface area contributed by atoms with Crippen LogP contribution in [0.5, 0.6) is 0 Å². The average molecular weight is 400 g/mol. The lowest BCUT2D eigenvalue weighted by molar-refractivity contribution is -0.127. The largest absolute Gasteiger partial charge is 0.448 e. The van der Waals surface area contributed by atoms with E-state index in [-0.39, 0.29) is 24.5 Å². The van der Waals surface area contributed by atoms with Crippen LogP contribution in [0.1, 0.15) is 42.6 Å². The highest BCUT2D eigenvalue weighted by molar-refractivity contribution is 6.02. The maximum Gasteiger partial charge on any atom is 0.339 e. The van der Waals surface area contributed by atoms with Crippen LogP contribution in [-0.4, -0.2) is 34.1 Å². The van der Waals surface area contributed by atoms with E-state index < -0.39 is 29.2 Å². The van der Waals surface area contributed by atoms with Crippen LogP contribution in [-0.2, 0) is 22.5 Å². The summed E-state index contributed by atoms with van der Waals surface area (Å²) in [5.41, 5.74) is 5.76. The maximum absolute atomic E-state index is 13.2. The minimum atomic E-state index is -1.08. The Morgan fingerprint density at radius 2 is 2.00 bits per heavy atom. The van der Waals surface area contributed by atoms with Gasteiger partial charge in [0.05, 0.1) is 5.56 Å². The number of nitrogen functional groups attached to an aromatic ring is 1. The smallest absolute Gasteiger partial charge is 0.339 e. The molecule has 0 fully saturated rings. The molecule has 0 saturated heterocycles. The first-order valence-corrected chi connectivity index (χ1v) is 9.61. The number of aromatic amines is 1. The number of carbonyl (C=O) groups excluding carboxylic acids is 2. The molecule has 0 spiro atoms. The number of aromatic nitrogens is 2. The van der Waals surface area contributed by atoms with Crippen molar-refractivity contribution in [2.24, 2.45) is 0 Å². The fourth-order valence-electron chi connectivity index (χ4n) is 3.44. The summed E-state index contributed by atoms with van der Waals surface area (Å²) in [5.74, 6) is -1.23. The van der Waals surface area contributed by atoms with Gasteiger partial charge >= 0.3 is 11.7 Å². The van der Waals surface area contributed by atoms with Crippen LogP contribution < -0.4 is 21.9 Å². The van der Waals surface area contributed by atoms with E-state index in [4.69, 9.17) is 10.5 Å². The summed E-state index contributed by atoms with van der Waals surface area (Å²) in [7, 11) is 0. The van der Waals surface area contributed by atoms with Crippen molar-refractivity contribution in [2.45, 2.75) is 45.8 Å². The van der Waals surface area contributed by atoms with Crippen molar-refractivity contribution in [3.8, 4) is 0 Å². The zero-order valence-electron chi connectivity index (χ0n) is 16.4. The summed E-state index contributed by atoms with van der Waals surface area (Å²) in [6, 6.07) is 6.91. The highest BCUT2D eigenvalue weighted by atomic mass is 16.5. The van der Waals surface area contributed by atoms with Gasteiger partial charge in [-0.3, -0.25) is 19.1 Å². The predicted octanol–water partition coefficient (Wildman–Crippen LogP) is 1.05. The van der Waals surface area contributed by atoms with Crippen LogP contribution in [0.2, 0.25) is 0 Å². The molecule has 0 saturated carbocycles. The molecule has 1 unspecified atom stereocenters. The monoisotopic (exact) mass is 400 g/mol. The number of anilines is 2. The molecule has 0 aliphatic carbocycles. The van der Waals surface area contributed by atoms with E-state index in [1.54, 1.807) is 31.2 Å². The van der Waals surface area contributed by atoms with Gasteiger partial charge in [-0.05, 0) is 25.0 Å². The molecule has 1 aliphatic heterocycles. The zero-order chi connectivity index (χ0) is 21.1. The molecule has 1 aliphatic rings. The van der Waals surface area contributed by atoms with Crippen molar-refractivity contribution in [1.82, 2.24) is 9.55 Å². The van der Waals surface area contributed by atoms with Crippen molar-refractivity contribution in [1.29, 1.82) is 0 Å². The number of H-pyrrole nitrogens is 1. The standard InChI is InChI=1S/C20H24N4O5/c1-3-5-10-24-16(21)15(17(25)22-20(24)28)23(4-2)18(26)14-11-12-8-6-7-9-13(12)19(27)29-14/h6-9,14H,3-5,10-11,21H2,1-2H3,(H,22,25,28). The van der Waals surface area contributed by atoms with E-state index in [1.165, 1.54) is 9.47 Å². The Bertz CT molecular complexity index is 1060. The molecule has 1 aromatic carbocycles. The number of carbonyl (C=O) groups is 2. The molecule has 154 valence electrons. The second-order valence-corrected chi connectivity index (χ2v) is 6.84. The van der Waals surface area contributed by atoms with Crippen molar-refractivity contribution in [2.75, 3.05) is 17.2 Å². The number of esters is 1. The summed E-state index contributed by atoms with van der Waals surface area (Å²) in [5, 5.41) is 0. The summed E-state index contributed by atoms with van der Waals surface area (Å²) in [6.45, 7) is 4.08. The van der Waals surface area contributed by atoms with E-state index in [0.29, 0.717) is 24.1 Å². The Morgan fingerprint density at radius 3 is 2.69 bits per heavy atom. The maximum atomic E-state index is 13.2. The number of hydrogen-bond acceptors (Lipinski definition) is 6. The van der Waals surface area contributed by atoms with Crippen LogP contribution in [0.15, 0.2) is 33.9 Å². The number of nitrogens with one attached hydrogen (secondary N) is 1. The number of cyclic esters (lactones) is 1. The van der Waals surface area contributed by atoms with Crippen LogP contribution in [0.3, 0.4) is 0 Å². The van der Waals surface area contributed by atoms with Gasteiger partial charge in [0.2, 0.25) is 0 Å². The van der Waals surface area contributed by atoms with Gasteiger partial charge in [0.1, 0.15) is 5.82 Å². The van der Waals surface area contributed by atoms with Crippen molar-refractivity contribution >= 4 is 23.4 Å². The molecule has 1 amide bonds. The highest BCUT2D eigenvalue weighted by Crippen LogP contribution is 2.24. The number of nitrogens with two attached hydrogens (primary N) is 1. The third-order valence-electron chi connectivity index (χ3n) is 4.97. The number of fused-ring (bicyclic) bond motifs is 1. The molecule has 9 nitrogen and oxygen atoms in total. The number of hydrogen-bond donors (Lipinski definition) is 2. The van der Waals surface area contributed by atoms with Gasteiger partial charge in [-0.15, -0.1) is 0 Å². The van der Waals surface area contributed by atoms with E-state index in [0.717, 1.165) is 6.42 Å². The Hall–Kier alpha value is -3.36. The zero-order valence-corrected chi connectivity index (χ0v) is 16.4. The molecular formula is C20H24N4O5. The topological polar surface area (TPSA) is 127 Å². The summed E-state index contributed by atoms with van der Waals surface area (Å²) in [4.78, 5) is 53.4. The first-order valence-electron chi connectivity index (χ1n) is 9.61. The van der Waals surface area contributed by atoms with Crippen molar-refractivity contribution in [3.05, 3.63) is 56.2 Å². The summed E-state index contributed by atoms with van der Waals surface area (Å²) < 4.78 is 6.57. The summed E-state index contributed by atoms with van der Waals surface area (Å²) >= 11 is 0. The minimum Gasteiger partial charge on any atom is -0.448 e. The lowest BCUT2D eigenvalue weighted by Gasteiger charge is -2.29. The Labute approximate surface area is 167 Å². The Morgan fingerprint density at radius 1 is 1.28 bits per heavy atom. The van der Waals surface area contributed by atoms with Gasteiger partial charge < -0.3 is 15.4 Å². The van der Waals surface area contributed by atoms with Crippen LogP contribution in [0.4, 0.5) is 11.5 Å². The molecule has 1 atom stereocenters. The van der Waals surface area contributed by atoms with Crippen LogP contribution in [0, 0.1) is 0 Å². The predicted molar refractivity (Wildman–Crippen MR) is 108 cm³/mol. The first-order chi connectivity index (χ1) is 13.9. The fraction of sp³-hybridized carbons (Fsp3) is 0.400. The molecule has 9 heteroatoms. The number of benzene rings is 1. The van der Waals surface area contributed by atoms with Gasteiger partial charge in [-0.1, -0.05) is 31.5 Å². The van der Waals surface area contributed by atoms with Gasteiger partial charge in [-0.25, -0.2) is 9.59 Å². The third kappa shape index (κ3) is 3.80. The van der Waals surface area contributed by atoms with Crippen LogP contribution >= 0.6 is 0 Å². The Balaban J connectivity index is 1.98. The normalized spacial score (nSPS) is 15.5. The average Bonchev–Trinajstić information content (AvgIpc) is 2.70. The highest BCUT2D eigenvalue weighted by Gasteiger charge is 2.35. The SMILES string of the molecule is CCCCn1c(N)c(N(CC)C(=O)C2Cc3ccccc3C(=O)O2)c(=O)[nH]c1=O. The molecule has 0 bridgehead atoms. The van der Waals surface area contributed by atoms with E-state index in [1.807, 2.05) is 6.92 Å².